The fourth-order valence-electron chi connectivity index (χ4n) is 5.15. The number of amidine groups is 2. The first kappa shape index (κ1) is 30.7. The van der Waals surface area contributed by atoms with Crippen molar-refractivity contribution in [3.63, 3.8) is 0 Å². The monoisotopic (exact) mass is 634 g/mol. The van der Waals surface area contributed by atoms with Crippen LogP contribution < -0.4 is 20.1 Å². The minimum absolute atomic E-state index is 0.166. The van der Waals surface area contributed by atoms with E-state index in [0.717, 1.165) is 44.3 Å². The second-order valence-corrected chi connectivity index (χ2v) is 12.0. The Balaban J connectivity index is 1.21. The third kappa shape index (κ3) is 6.38. The molecular formula is C35H35ClN8O2. The number of methoxy groups -OCH3 is 1. The number of H-pyrrole nitrogens is 2. The summed E-state index contributed by atoms with van der Waals surface area (Å²) in [6.45, 7) is 8.01. The molecule has 46 heavy (non-hydrogen) atoms. The summed E-state index contributed by atoms with van der Waals surface area (Å²) in [5.41, 5.74) is 6.29. The summed E-state index contributed by atoms with van der Waals surface area (Å²) in [7, 11) is 1.61. The lowest BCUT2D eigenvalue weighted by molar-refractivity contribution is 0.410. The third-order valence-electron chi connectivity index (χ3n) is 7.27. The first-order valence-electron chi connectivity index (χ1n) is 14.9. The number of nitrogens with zero attached hydrogens (tertiary/aromatic N) is 2. The molecule has 10 nitrogen and oxygen atoms in total. The summed E-state index contributed by atoms with van der Waals surface area (Å²) in [6, 6.07) is 22.7. The average Bonchev–Trinajstić information content (AvgIpc) is 3.63. The predicted octanol–water partition coefficient (Wildman–Crippen LogP) is 7.87. The largest absolute Gasteiger partial charge is 0.496 e. The first-order valence-corrected chi connectivity index (χ1v) is 15.3. The van der Waals surface area contributed by atoms with Crippen LogP contribution in [0.1, 0.15) is 38.8 Å². The molecule has 6 N–H and O–H groups in total. The Morgan fingerprint density at radius 2 is 1.20 bits per heavy atom. The van der Waals surface area contributed by atoms with E-state index in [2.05, 4.69) is 20.6 Å². The van der Waals surface area contributed by atoms with E-state index in [1.54, 1.807) is 19.2 Å². The van der Waals surface area contributed by atoms with E-state index in [-0.39, 0.29) is 12.1 Å². The molecule has 0 amide bonds. The minimum atomic E-state index is 0.166. The number of halogens is 1. The molecule has 0 bridgehead atoms. The maximum atomic E-state index is 8.31. The van der Waals surface area contributed by atoms with E-state index in [1.165, 1.54) is 0 Å². The first-order chi connectivity index (χ1) is 22.1. The summed E-state index contributed by atoms with van der Waals surface area (Å²) >= 11 is 6.72. The highest BCUT2D eigenvalue weighted by Crippen LogP contribution is 2.37. The van der Waals surface area contributed by atoms with E-state index in [0.29, 0.717) is 45.6 Å². The SMILES string of the molecule is COc1cc(Oc2ccc(-c3nc4ccc(C(=N)NC(C)C)cc4[nH]3)c(Cl)c2)ccc1-c1nc2ccc(C(=N)NC(C)C)cc2[nH]1. The number of ether oxygens (including phenoxy) is 2. The fourth-order valence-corrected chi connectivity index (χ4v) is 5.41. The van der Waals surface area contributed by atoms with Crippen LogP contribution in [0.5, 0.6) is 17.2 Å². The highest BCUT2D eigenvalue weighted by molar-refractivity contribution is 6.33. The van der Waals surface area contributed by atoms with Crippen molar-refractivity contribution in [2.75, 3.05) is 7.11 Å². The van der Waals surface area contributed by atoms with Crippen LogP contribution in [0.2, 0.25) is 5.02 Å². The molecule has 6 rings (SSSR count). The number of imidazole rings is 2. The van der Waals surface area contributed by atoms with Crippen LogP contribution in [0.3, 0.4) is 0 Å². The van der Waals surface area contributed by atoms with Crippen molar-refractivity contribution in [2.24, 2.45) is 0 Å². The molecule has 6 aromatic rings. The second kappa shape index (κ2) is 12.6. The van der Waals surface area contributed by atoms with Crippen molar-refractivity contribution in [2.45, 2.75) is 39.8 Å². The Hall–Kier alpha value is -5.35. The van der Waals surface area contributed by atoms with Gasteiger partial charge in [-0.05, 0) is 88.4 Å². The smallest absolute Gasteiger partial charge is 0.142 e. The lowest BCUT2D eigenvalue weighted by Crippen LogP contribution is -2.30. The van der Waals surface area contributed by atoms with Gasteiger partial charge in [-0.1, -0.05) is 11.6 Å². The molecule has 0 fully saturated rings. The number of hydrogen-bond acceptors (Lipinski definition) is 6. The van der Waals surface area contributed by atoms with Crippen LogP contribution in [0.25, 0.3) is 44.8 Å². The highest BCUT2D eigenvalue weighted by Gasteiger charge is 2.16. The van der Waals surface area contributed by atoms with Crippen LogP contribution in [0.4, 0.5) is 0 Å². The van der Waals surface area contributed by atoms with Gasteiger partial charge < -0.3 is 30.1 Å². The van der Waals surface area contributed by atoms with Crippen LogP contribution in [0.15, 0.2) is 72.8 Å². The summed E-state index contributed by atoms with van der Waals surface area (Å²) in [4.78, 5) is 16.2. The molecular weight excluding hydrogens is 600 g/mol. The van der Waals surface area contributed by atoms with Gasteiger partial charge in [0.25, 0.3) is 0 Å². The summed E-state index contributed by atoms with van der Waals surface area (Å²) in [5.74, 6) is 3.73. The molecule has 11 heteroatoms. The number of aromatic nitrogens is 4. The molecule has 0 aliphatic carbocycles. The maximum Gasteiger partial charge on any atom is 0.142 e. The lowest BCUT2D eigenvalue weighted by atomic mass is 10.1. The molecule has 0 saturated carbocycles. The maximum absolute atomic E-state index is 8.31. The topological polar surface area (TPSA) is 148 Å². The van der Waals surface area contributed by atoms with E-state index in [1.807, 2.05) is 88.4 Å². The molecule has 0 spiro atoms. The van der Waals surface area contributed by atoms with Gasteiger partial charge in [0.15, 0.2) is 0 Å². The summed E-state index contributed by atoms with van der Waals surface area (Å²) in [6.07, 6.45) is 0. The molecule has 2 aromatic heterocycles. The van der Waals surface area contributed by atoms with Crippen molar-refractivity contribution >= 4 is 45.3 Å². The van der Waals surface area contributed by atoms with E-state index in [9.17, 15) is 0 Å². The summed E-state index contributed by atoms with van der Waals surface area (Å²) < 4.78 is 11.9. The zero-order chi connectivity index (χ0) is 32.5. The Kier molecular flexibility index (Phi) is 8.38. The summed E-state index contributed by atoms with van der Waals surface area (Å²) in [5, 5.41) is 23.3. The third-order valence-corrected chi connectivity index (χ3v) is 7.58. The quantitative estimate of drug-likeness (QED) is 0.0704. The van der Waals surface area contributed by atoms with Crippen molar-refractivity contribution in [1.82, 2.24) is 30.6 Å². The number of hydrogen-bond donors (Lipinski definition) is 6. The van der Waals surface area contributed by atoms with Gasteiger partial charge in [-0.3, -0.25) is 10.8 Å². The van der Waals surface area contributed by atoms with Crippen LogP contribution in [-0.2, 0) is 0 Å². The Labute approximate surface area is 271 Å². The predicted molar refractivity (Wildman–Crippen MR) is 185 cm³/mol. The zero-order valence-corrected chi connectivity index (χ0v) is 26.9. The van der Waals surface area contributed by atoms with Crippen molar-refractivity contribution in [3.05, 3.63) is 88.9 Å². The van der Waals surface area contributed by atoms with Crippen LogP contribution in [-0.4, -0.2) is 50.8 Å². The fraction of sp³-hybridized carbons (Fsp3) is 0.200. The Morgan fingerprint density at radius 3 is 1.70 bits per heavy atom. The number of nitrogens with one attached hydrogen (secondary N) is 6. The zero-order valence-electron chi connectivity index (χ0n) is 26.2. The second-order valence-electron chi connectivity index (χ2n) is 11.6. The molecule has 0 radical (unpaired) electrons. The van der Waals surface area contributed by atoms with Gasteiger partial charge in [0.05, 0.1) is 39.8 Å². The number of aromatic amines is 2. The van der Waals surface area contributed by atoms with E-state index < -0.39 is 0 Å². The van der Waals surface area contributed by atoms with Gasteiger partial charge in [-0.15, -0.1) is 0 Å². The van der Waals surface area contributed by atoms with Crippen LogP contribution >= 0.6 is 11.6 Å². The van der Waals surface area contributed by atoms with Gasteiger partial charge in [-0.25, -0.2) is 9.97 Å². The Morgan fingerprint density at radius 1 is 0.696 bits per heavy atom. The van der Waals surface area contributed by atoms with Gasteiger partial charge in [0.1, 0.15) is 40.6 Å². The minimum Gasteiger partial charge on any atom is -0.496 e. The van der Waals surface area contributed by atoms with Gasteiger partial charge in [0.2, 0.25) is 0 Å². The van der Waals surface area contributed by atoms with Crippen molar-refractivity contribution in [3.8, 4) is 40.0 Å². The van der Waals surface area contributed by atoms with Gasteiger partial charge in [0, 0.05) is 40.9 Å². The molecule has 0 saturated heterocycles. The van der Waals surface area contributed by atoms with Gasteiger partial charge in [-0.2, -0.15) is 0 Å². The molecule has 234 valence electrons. The molecule has 0 atom stereocenters. The Bertz CT molecular complexity index is 2100. The van der Waals surface area contributed by atoms with Gasteiger partial charge >= 0.3 is 0 Å². The molecule has 4 aromatic carbocycles. The van der Waals surface area contributed by atoms with E-state index >= 15 is 0 Å². The molecule has 2 heterocycles. The van der Waals surface area contributed by atoms with Crippen LogP contribution in [0, 0.1) is 10.8 Å². The number of fused-ring (bicyclic) bond motifs is 2. The lowest BCUT2D eigenvalue weighted by Gasteiger charge is -2.11. The van der Waals surface area contributed by atoms with Crippen molar-refractivity contribution < 1.29 is 9.47 Å². The van der Waals surface area contributed by atoms with E-state index in [4.69, 9.17) is 41.9 Å². The molecule has 0 unspecified atom stereocenters. The highest BCUT2D eigenvalue weighted by atomic mass is 35.5. The molecule has 0 aliphatic rings. The van der Waals surface area contributed by atoms with Crippen molar-refractivity contribution in [1.29, 1.82) is 10.8 Å². The average molecular weight is 635 g/mol. The molecule has 0 aliphatic heterocycles. The standard InChI is InChI=1S/C35H35ClN8O2/c1-18(2)39-32(37)20-6-12-27-29(14-20)43-34(41-27)24-10-8-22(16-26(24)36)46-23-9-11-25(31(17-23)45-5)35-42-28-13-7-21(15-30(28)44-35)33(38)40-19(3)4/h6-19H,1-5H3,(H2,37,39)(H2,38,40)(H,41,43)(H,42,44). The number of benzene rings is 4. The number of rotatable bonds is 9. The normalized spacial score (nSPS) is 11.4.